The number of aromatic nitrogens is 1. The van der Waals surface area contributed by atoms with Crippen LogP contribution in [0.5, 0.6) is 17.2 Å². The first-order chi connectivity index (χ1) is 22.5. The van der Waals surface area contributed by atoms with Gasteiger partial charge < -0.3 is 18.9 Å². The number of halogens is 1. The highest BCUT2D eigenvalue weighted by atomic mass is 79.9. The van der Waals surface area contributed by atoms with Crippen LogP contribution in [0.3, 0.4) is 0 Å². The number of esters is 1. The standard InChI is InChI=1S/C34H32BrN3O8S/c1-6-44-33(40)29-20(4)36-34-37(30(29)23-12-13-26(46-19(2)3)27(17-23)43-5)32(39)28(47-34)16-22-14-24(35)31(25(15-22)38(41)42)45-18-21-10-8-7-9-11-21/h7-17,19,30H,6,18H2,1-5H3/b28-16+/t30-/m0/s1. The highest BCUT2D eigenvalue weighted by Gasteiger charge is 2.34. The van der Waals surface area contributed by atoms with E-state index in [1.54, 1.807) is 44.2 Å². The van der Waals surface area contributed by atoms with Gasteiger partial charge in [0.05, 0.1) is 51.1 Å². The number of nitro groups is 1. The largest absolute Gasteiger partial charge is 0.493 e. The van der Waals surface area contributed by atoms with Gasteiger partial charge in [-0.05, 0) is 84.6 Å². The molecule has 47 heavy (non-hydrogen) atoms. The summed E-state index contributed by atoms with van der Waals surface area (Å²) in [5, 5.41) is 12.1. The molecule has 1 atom stereocenters. The van der Waals surface area contributed by atoms with E-state index in [0.29, 0.717) is 37.6 Å². The van der Waals surface area contributed by atoms with Gasteiger partial charge >= 0.3 is 11.7 Å². The first kappa shape index (κ1) is 33.6. The highest BCUT2D eigenvalue weighted by Crippen LogP contribution is 2.38. The minimum absolute atomic E-state index is 0.0750. The lowest BCUT2D eigenvalue weighted by Crippen LogP contribution is -2.40. The Bertz CT molecular complexity index is 2050. The maximum atomic E-state index is 14.1. The average molecular weight is 723 g/mol. The van der Waals surface area contributed by atoms with Crippen LogP contribution in [0.4, 0.5) is 5.69 Å². The number of rotatable bonds is 11. The number of nitrogens with zero attached hydrogens (tertiary/aromatic N) is 3. The molecule has 0 aliphatic carbocycles. The van der Waals surface area contributed by atoms with Crippen molar-refractivity contribution in [3.05, 3.63) is 123 Å². The van der Waals surface area contributed by atoms with Gasteiger partial charge in [-0.2, -0.15) is 0 Å². The van der Waals surface area contributed by atoms with Crippen LogP contribution in [0.25, 0.3) is 6.08 Å². The Morgan fingerprint density at radius 1 is 1.15 bits per heavy atom. The van der Waals surface area contributed by atoms with E-state index in [0.717, 1.165) is 16.9 Å². The Morgan fingerprint density at radius 2 is 1.89 bits per heavy atom. The first-order valence-corrected chi connectivity index (χ1v) is 16.3. The summed E-state index contributed by atoms with van der Waals surface area (Å²) in [6, 6.07) is 16.7. The van der Waals surface area contributed by atoms with E-state index >= 15 is 0 Å². The van der Waals surface area contributed by atoms with Crippen molar-refractivity contribution in [2.24, 2.45) is 4.99 Å². The molecule has 0 saturated heterocycles. The molecule has 0 saturated carbocycles. The number of hydrogen-bond acceptors (Lipinski definition) is 10. The molecule has 1 aromatic heterocycles. The number of fused-ring (bicyclic) bond motifs is 1. The molecule has 13 heteroatoms. The summed E-state index contributed by atoms with van der Waals surface area (Å²) in [6.45, 7) is 7.46. The molecule has 3 aromatic carbocycles. The molecule has 11 nitrogen and oxygen atoms in total. The molecule has 0 radical (unpaired) electrons. The summed E-state index contributed by atoms with van der Waals surface area (Å²) in [6.07, 6.45) is 1.45. The van der Waals surface area contributed by atoms with Gasteiger partial charge in [-0.3, -0.25) is 19.5 Å². The van der Waals surface area contributed by atoms with Crippen molar-refractivity contribution in [2.45, 2.75) is 46.4 Å². The molecule has 0 amide bonds. The third-order valence-electron chi connectivity index (χ3n) is 7.15. The summed E-state index contributed by atoms with van der Waals surface area (Å²) < 4.78 is 24.8. The van der Waals surface area contributed by atoms with Crippen LogP contribution in [-0.4, -0.2) is 35.3 Å². The molecule has 1 aliphatic rings. The SMILES string of the molecule is CCOC(=O)C1=C(C)N=c2s/c(=C/c3cc(Br)c(OCc4ccccc4)c([N+](=O)[O-])c3)c(=O)n2[C@H]1c1ccc(OC(C)C)c(OC)c1. The van der Waals surface area contributed by atoms with Gasteiger partial charge in [0.25, 0.3) is 5.56 Å². The molecule has 0 unspecified atom stereocenters. The lowest BCUT2D eigenvalue weighted by molar-refractivity contribution is -0.386. The van der Waals surface area contributed by atoms with Gasteiger partial charge in [0.15, 0.2) is 16.3 Å². The Balaban J connectivity index is 1.63. The van der Waals surface area contributed by atoms with E-state index in [1.165, 1.54) is 17.7 Å². The maximum absolute atomic E-state index is 14.1. The summed E-state index contributed by atoms with van der Waals surface area (Å²) in [5.41, 5.74) is 1.76. The van der Waals surface area contributed by atoms with Crippen LogP contribution in [0.1, 0.15) is 50.4 Å². The topological polar surface area (TPSA) is 131 Å². The number of allylic oxidation sites excluding steroid dienone is 1. The fraction of sp³-hybridized carbons (Fsp3) is 0.265. The molecule has 244 valence electrons. The number of hydrogen-bond donors (Lipinski definition) is 0. The Hall–Kier alpha value is -4.75. The molecule has 0 bridgehead atoms. The van der Waals surface area contributed by atoms with Crippen molar-refractivity contribution in [3.63, 3.8) is 0 Å². The van der Waals surface area contributed by atoms with Crippen LogP contribution in [0.15, 0.2) is 86.2 Å². The highest BCUT2D eigenvalue weighted by molar-refractivity contribution is 9.10. The minimum Gasteiger partial charge on any atom is -0.493 e. The monoisotopic (exact) mass is 721 g/mol. The van der Waals surface area contributed by atoms with Crippen LogP contribution in [-0.2, 0) is 16.1 Å². The molecule has 1 aliphatic heterocycles. The molecule has 0 N–H and O–H groups in total. The number of carbonyl (C=O) groups is 1. The van der Waals surface area contributed by atoms with Crippen molar-refractivity contribution < 1.29 is 28.7 Å². The van der Waals surface area contributed by atoms with Crippen molar-refractivity contribution >= 4 is 45.0 Å². The van der Waals surface area contributed by atoms with Crippen LogP contribution >= 0.6 is 27.3 Å². The van der Waals surface area contributed by atoms with Crippen molar-refractivity contribution in [3.8, 4) is 17.2 Å². The smallest absolute Gasteiger partial charge is 0.338 e. The van der Waals surface area contributed by atoms with Crippen LogP contribution in [0, 0.1) is 10.1 Å². The van der Waals surface area contributed by atoms with E-state index in [4.69, 9.17) is 18.9 Å². The van der Waals surface area contributed by atoms with Crippen molar-refractivity contribution in [2.75, 3.05) is 13.7 Å². The number of thiazole rings is 1. The fourth-order valence-corrected chi connectivity index (χ4v) is 6.78. The maximum Gasteiger partial charge on any atom is 0.338 e. The molecule has 5 rings (SSSR count). The summed E-state index contributed by atoms with van der Waals surface area (Å²) in [4.78, 5) is 43.9. The Labute approximate surface area is 282 Å². The zero-order chi connectivity index (χ0) is 33.8. The molecule has 0 fully saturated rings. The van der Waals surface area contributed by atoms with Gasteiger partial charge in [-0.25, -0.2) is 9.79 Å². The zero-order valence-electron chi connectivity index (χ0n) is 26.3. The molecule has 2 heterocycles. The van der Waals surface area contributed by atoms with Crippen molar-refractivity contribution in [1.29, 1.82) is 0 Å². The van der Waals surface area contributed by atoms with Crippen LogP contribution < -0.4 is 29.1 Å². The van der Waals surface area contributed by atoms with Gasteiger partial charge in [0, 0.05) is 6.07 Å². The van der Waals surface area contributed by atoms with Crippen molar-refractivity contribution in [1.82, 2.24) is 4.57 Å². The number of ether oxygens (including phenoxy) is 4. The normalized spacial score (nSPS) is 14.4. The Kier molecular flexibility index (Phi) is 10.3. The summed E-state index contributed by atoms with van der Waals surface area (Å²) in [7, 11) is 1.51. The number of carbonyl (C=O) groups excluding carboxylic acids is 1. The zero-order valence-corrected chi connectivity index (χ0v) is 28.7. The first-order valence-electron chi connectivity index (χ1n) is 14.7. The summed E-state index contributed by atoms with van der Waals surface area (Å²) >= 11 is 4.53. The Morgan fingerprint density at radius 3 is 2.55 bits per heavy atom. The van der Waals surface area contributed by atoms with E-state index in [1.807, 2.05) is 44.2 Å². The number of benzene rings is 3. The summed E-state index contributed by atoms with van der Waals surface area (Å²) in [5.74, 6) is 0.425. The predicted molar refractivity (Wildman–Crippen MR) is 181 cm³/mol. The van der Waals surface area contributed by atoms with Gasteiger partial charge in [-0.1, -0.05) is 47.7 Å². The lowest BCUT2D eigenvalue weighted by atomic mass is 9.95. The molecular weight excluding hydrogens is 690 g/mol. The second-order valence-electron chi connectivity index (χ2n) is 10.8. The quantitative estimate of drug-likeness (QED) is 0.107. The third-order valence-corrected chi connectivity index (χ3v) is 8.72. The second kappa shape index (κ2) is 14.3. The van der Waals surface area contributed by atoms with E-state index in [9.17, 15) is 19.7 Å². The lowest BCUT2D eigenvalue weighted by Gasteiger charge is -2.25. The number of methoxy groups -OCH3 is 1. The minimum atomic E-state index is -0.885. The van der Waals surface area contributed by atoms with E-state index in [-0.39, 0.29) is 40.9 Å². The number of nitro benzene ring substituents is 1. The predicted octanol–water partition coefficient (Wildman–Crippen LogP) is 5.84. The van der Waals surface area contributed by atoms with E-state index in [2.05, 4.69) is 20.9 Å². The van der Waals surface area contributed by atoms with Gasteiger partial charge in [0.2, 0.25) is 5.75 Å². The third kappa shape index (κ3) is 7.15. The van der Waals surface area contributed by atoms with Gasteiger partial charge in [0.1, 0.15) is 6.61 Å². The van der Waals surface area contributed by atoms with Crippen LogP contribution in [0.2, 0.25) is 0 Å². The molecule has 4 aromatic rings. The fourth-order valence-electron chi connectivity index (χ4n) is 5.15. The second-order valence-corrected chi connectivity index (χ2v) is 12.6. The molecule has 0 spiro atoms. The molecular formula is C34H32BrN3O8S. The van der Waals surface area contributed by atoms with E-state index < -0.39 is 22.5 Å². The average Bonchev–Trinajstić information content (AvgIpc) is 3.33. The van der Waals surface area contributed by atoms with Gasteiger partial charge in [-0.15, -0.1) is 0 Å².